The molecule has 1 saturated carbocycles. The molecule has 0 radical (unpaired) electrons. The van der Waals surface area contributed by atoms with Crippen LogP contribution in [0.3, 0.4) is 0 Å². The van der Waals surface area contributed by atoms with E-state index in [9.17, 15) is 4.79 Å². The van der Waals surface area contributed by atoms with Crippen LogP contribution in [-0.2, 0) is 13.5 Å². The first-order valence-corrected chi connectivity index (χ1v) is 6.77. The Labute approximate surface area is 108 Å². The van der Waals surface area contributed by atoms with Gasteiger partial charge in [0.05, 0.1) is 0 Å². The third kappa shape index (κ3) is 3.75. The summed E-state index contributed by atoms with van der Waals surface area (Å²) in [6.07, 6.45) is 8.61. The average Bonchev–Trinajstić information content (AvgIpc) is 2.76. The Balaban J connectivity index is 1.64. The van der Waals surface area contributed by atoms with Gasteiger partial charge in [-0.1, -0.05) is 19.3 Å². The summed E-state index contributed by atoms with van der Waals surface area (Å²) in [6.45, 7) is 0.651. The number of rotatable bonds is 4. The zero-order chi connectivity index (χ0) is 12.8. The van der Waals surface area contributed by atoms with Gasteiger partial charge in [0.15, 0.2) is 0 Å². The van der Waals surface area contributed by atoms with Crippen molar-refractivity contribution in [1.82, 2.24) is 20.4 Å². The molecule has 2 N–H and O–H groups in total. The summed E-state index contributed by atoms with van der Waals surface area (Å²) in [5.41, 5.74) is 1.13. The first-order chi connectivity index (χ1) is 8.75. The van der Waals surface area contributed by atoms with Gasteiger partial charge in [-0.3, -0.25) is 4.68 Å². The maximum Gasteiger partial charge on any atom is 0.315 e. The summed E-state index contributed by atoms with van der Waals surface area (Å²) in [7, 11) is 1.91. The summed E-state index contributed by atoms with van der Waals surface area (Å²) < 4.78 is 1.83. The number of hydrogen-bond donors (Lipinski definition) is 2. The molecule has 2 rings (SSSR count). The van der Waals surface area contributed by atoms with E-state index in [-0.39, 0.29) is 6.03 Å². The van der Waals surface area contributed by atoms with E-state index in [1.165, 1.54) is 19.3 Å². The van der Waals surface area contributed by atoms with E-state index in [0.717, 1.165) is 25.0 Å². The second kappa shape index (κ2) is 6.42. The fourth-order valence-corrected chi connectivity index (χ4v) is 2.43. The summed E-state index contributed by atoms with van der Waals surface area (Å²) >= 11 is 0. The van der Waals surface area contributed by atoms with Gasteiger partial charge in [0.1, 0.15) is 0 Å². The monoisotopic (exact) mass is 250 g/mol. The SMILES string of the molecule is Cn1nccc1CCNC(=O)NC1CCCCC1. The van der Waals surface area contributed by atoms with Gasteiger partial charge >= 0.3 is 6.03 Å². The molecule has 1 fully saturated rings. The third-order valence-corrected chi connectivity index (χ3v) is 3.53. The lowest BCUT2D eigenvalue weighted by atomic mass is 9.96. The van der Waals surface area contributed by atoms with Crippen LogP contribution in [0.25, 0.3) is 0 Å². The highest BCUT2D eigenvalue weighted by atomic mass is 16.2. The highest BCUT2D eigenvalue weighted by molar-refractivity contribution is 5.74. The molecule has 0 spiro atoms. The van der Waals surface area contributed by atoms with Crippen molar-refractivity contribution in [3.63, 3.8) is 0 Å². The third-order valence-electron chi connectivity index (χ3n) is 3.53. The van der Waals surface area contributed by atoms with Crippen LogP contribution >= 0.6 is 0 Å². The first kappa shape index (κ1) is 12.9. The van der Waals surface area contributed by atoms with Gasteiger partial charge in [0, 0.05) is 37.9 Å². The molecule has 1 aliphatic carbocycles. The molecule has 0 saturated heterocycles. The minimum Gasteiger partial charge on any atom is -0.338 e. The number of urea groups is 1. The Bertz CT molecular complexity index is 382. The Morgan fingerprint density at radius 3 is 2.89 bits per heavy atom. The Hall–Kier alpha value is -1.52. The van der Waals surface area contributed by atoms with Crippen molar-refractivity contribution in [2.24, 2.45) is 7.05 Å². The molecule has 100 valence electrons. The van der Waals surface area contributed by atoms with Gasteiger partial charge in [-0.25, -0.2) is 4.79 Å². The Morgan fingerprint density at radius 1 is 1.44 bits per heavy atom. The number of amides is 2. The van der Waals surface area contributed by atoms with Crippen LogP contribution in [0.1, 0.15) is 37.8 Å². The number of nitrogens with zero attached hydrogens (tertiary/aromatic N) is 2. The molecule has 1 aliphatic rings. The van der Waals surface area contributed by atoms with Crippen LogP contribution in [0.4, 0.5) is 4.79 Å². The number of carbonyl (C=O) groups excluding carboxylic acids is 1. The Kier molecular flexibility index (Phi) is 4.61. The average molecular weight is 250 g/mol. The lowest BCUT2D eigenvalue weighted by Gasteiger charge is -2.22. The molecule has 0 bridgehead atoms. The predicted octanol–water partition coefficient (Wildman–Crippen LogP) is 1.59. The van der Waals surface area contributed by atoms with Gasteiger partial charge in [0.25, 0.3) is 0 Å². The van der Waals surface area contributed by atoms with E-state index in [4.69, 9.17) is 0 Å². The number of aryl methyl sites for hydroxylation is 1. The highest BCUT2D eigenvalue weighted by Crippen LogP contribution is 2.17. The minimum absolute atomic E-state index is 0.0379. The predicted molar refractivity (Wildman–Crippen MR) is 70.3 cm³/mol. The summed E-state index contributed by atoms with van der Waals surface area (Å²) in [5.74, 6) is 0. The quantitative estimate of drug-likeness (QED) is 0.852. The maximum atomic E-state index is 11.7. The molecule has 5 nitrogen and oxygen atoms in total. The zero-order valence-corrected chi connectivity index (χ0v) is 11.0. The van der Waals surface area contributed by atoms with E-state index in [1.54, 1.807) is 6.20 Å². The van der Waals surface area contributed by atoms with Crippen LogP contribution in [0.15, 0.2) is 12.3 Å². The molecule has 0 unspecified atom stereocenters. The summed E-state index contributed by atoms with van der Waals surface area (Å²) in [4.78, 5) is 11.7. The van der Waals surface area contributed by atoms with Gasteiger partial charge in [-0.15, -0.1) is 0 Å². The molecular weight excluding hydrogens is 228 g/mol. The molecule has 1 heterocycles. The molecule has 5 heteroatoms. The van der Waals surface area contributed by atoms with Crippen LogP contribution < -0.4 is 10.6 Å². The smallest absolute Gasteiger partial charge is 0.315 e. The molecule has 2 amide bonds. The summed E-state index contributed by atoms with van der Waals surface area (Å²) in [6, 6.07) is 2.31. The Morgan fingerprint density at radius 2 is 2.22 bits per heavy atom. The van der Waals surface area contributed by atoms with Crippen LogP contribution in [0.5, 0.6) is 0 Å². The lowest BCUT2D eigenvalue weighted by Crippen LogP contribution is -2.43. The molecule has 1 aromatic rings. The molecule has 0 atom stereocenters. The normalized spacial score (nSPS) is 16.5. The van der Waals surface area contributed by atoms with Gasteiger partial charge in [-0.05, 0) is 18.9 Å². The summed E-state index contributed by atoms with van der Waals surface area (Å²) in [5, 5.41) is 10.0. The van der Waals surface area contributed by atoms with E-state index >= 15 is 0 Å². The van der Waals surface area contributed by atoms with Crippen LogP contribution in [0.2, 0.25) is 0 Å². The molecule has 1 aromatic heterocycles. The molecule has 0 aromatic carbocycles. The van der Waals surface area contributed by atoms with Crippen molar-refractivity contribution in [2.75, 3.05) is 6.54 Å². The lowest BCUT2D eigenvalue weighted by molar-refractivity contribution is 0.232. The number of nitrogens with one attached hydrogen (secondary N) is 2. The van der Waals surface area contributed by atoms with Crippen LogP contribution in [0, 0.1) is 0 Å². The van der Waals surface area contributed by atoms with E-state index in [2.05, 4.69) is 15.7 Å². The van der Waals surface area contributed by atoms with Gasteiger partial charge in [-0.2, -0.15) is 5.10 Å². The van der Waals surface area contributed by atoms with Crippen molar-refractivity contribution < 1.29 is 4.79 Å². The highest BCUT2D eigenvalue weighted by Gasteiger charge is 2.15. The number of aromatic nitrogens is 2. The standard InChI is InChI=1S/C13H22N4O/c1-17-12(8-10-15-17)7-9-14-13(18)16-11-5-3-2-4-6-11/h8,10-11H,2-7,9H2,1H3,(H2,14,16,18). The molecule has 0 aliphatic heterocycles. The zero-order valence-electron chi connectivity index (χ0n) is 11.0. The second-order valence-corrected chi connectivity index (χ2v) is 4.93. The van der Waals surface area contributed by atoms with E-state index < -0.39 is 0 Å². The molecular formula is C13H22N4O. The van der Waals surface area contributed by atoms with Crippen molar-refractivity contribution >= 4 is 6.03 Å². The second-order valence-electron chi connectivity index (χ2n) is 4.93. The van der Waals surface area contributed by atoms with Crippen LogP contribution in [-0.4, -0.2) is 28.4 Å². The minimum atomic E-state index is -0.0379. The van der Waals surface area contributed by atoms with Crippen molar-refractivity contribution in [3.8, 4) is 0 Å². The first-order valence-electron chi connectivity index (χ1n) is 6.77. The van der Waals surface area contributed by atoms with E-state index in [1.807, 2.05) is 17.8 Å². The number of carbonyl (C=O) groups is 1. The van der Waals surface area contributed by atoms with Gasteiger partial charge < -0.3 is 10.6 Å². The van der Waals surface area contributed by atoms with Crippen molar-refractivity contribution in [1.29, 1.82) is 0 Å². The fraction of sp³-hybridized carbons (Fsp3) is 0.692. The largest absolute Gasteiger partial charge is 0.338 e. The van der Waals surface area contributed by atoms with Crippen molar-refractivity contribution in [2.45, 2.75) is 44.6 Å². The van der Waals surface area contributed by atoms with E-state index in [0.29, 0.717) is 12.6 Å². The number of hydrogen-bond acceptors (Lipinski definition) is 2. The van der Waals surface area contributed by atoms with Gasteiger partial charge in [0.2, 0.25) is 0 Å². The topological polar surface area (TPSA) is 59.0 Å². The molecule has 18 heavy (non-hydrogen) atoms. The van der Waals surface area contributed by atoms with Crippen molar-refractivity contribution in [3.05, 3.63) is 18.0 Å². The fourth-order valence-electron chi connectivity index (χ4n) is 2.43. The maximum absolute atomic E-state index is 11.7.